The number of rotatable bonds is 5. The predicted molar refractivity (Wildman–Crippen MR) is 73.9 cm³/mol. The zero-order valence-electron chi connectivity index (χ0n) is 10.0. The van der Waals surface area contributed by atoms with Crippen LogP contribution in [0.4, 0.5) is 0 Å². The average molecular weight is 246 g/mol. The van der Waals surface area contributed by atoms with Crippen molar-refractivity contribution in [1.82, 2.24) is 5.43 Å². The summed E-state index contributed by atoms with van der Waals surface area (Å²) in [7, 11) is 0. The fraction of sp³-hybridized carbons (Fsp3) is 0.286. The van der Waals surface area contributed by atoms with Gasteiger partial charge in [-0.25, -0.2) is 0 Å². The maximum absolute atomic E-state index is 5.62. The molecule has 1 aromatic carbocycles. The highest BCUT2D eigenvalue weighted by molar-refractivity contribution is 7.10. The first kappa shape index (κ1) is 12.3. The van der Waals surface area contributed by atoms with Crippen molar-refractivity contribution < 1.29 is 0 Å². The monoisotopic (exact) mass is 246 g/mol. The molecule has 1 heterocycles. The lowest BCUT2D eigenvalue weighted by molar-refractivity contribution is 0.560. The number of nitrogens with one attached hydrogen (secondary N) is 1. The summed E-state index contributed by atoms with van der Waals surface area (Å²) in [6.07, 6.45) is 2.02. The highest BCUT2D eigenvalue weighted by atomic mass is 32.1. The van der Waals surface area contributed by atoms with Crippen molar-refractivity contribution in [3.8, 4) is 0 Å². The van der Waals surface area contributed by atoms with E-state index in [0.29, 0.717) is 0 Å². The molecule has 0 bridgehead atoms. The van der Waals surface area contributed by atoms with Crippen LogP contribution in [0.15, 0.2) is 41.8 Å². The van der Waals surface area contributed by atoms with Crippen LogP contribution in [0.2, 0.25) is 0 Å². The van der Waals surface area contributed by atoms with Gasteiger partial charge in [0, 0.05) is 4.88 Å². The largest absolute Gasteiger partial charge is 0.271 e. The third-order valence-electron chi connectivity index (χ3n) is 2.96. The molecule has 90 valence electrons. The Morgan fingerprint density at radius 1 is 1.18 bits per heavy atom. The number of hydrazine groups is 1. The van der Waals surface area contributed by atoms with Crippen LogP contribution in [0.3, 0.4) is 0 Å². The molecule has 3 N–H and O–H groups in total. The SMILES string of the molecule is CCc1ccc(CC(NN)c2cccs2)cc1. The van der Waals surface area contributed by atoms with Crippen molar-refractivity contribution in [1.29, 1.82) is 0 Å². The summed E-state index contributed by atoms with van der Waals surface area (Å²) in [5.41, 5.74) is 5.59. The molecule has 2 aromatic rings. The number of thiophene rings is 1. The van der Waals surface area contributed by atoms with Crippen molar-refractivity contribution >= 4 is 11.3 Å². The van der Waals surface area contributed by atoms with Crippen LogP contribution in [0.1, 0.15) is 29.0 Å². The van der Waals surface area contributed by atoms with E-state index in [-0.39, 0.29) is 6.04 Å². The van der Waals surface area contributed by atoms with Gasteiger partial charge in [-0.05, 0) is 35.4 Å². The standard InChI is InChI=1S/C14H18N2S/c1-2-11-5-7-12(8-6-11)10-13(16-15)14-4-3-9-17-14/h3-9,13,16H,2,10,15H2,1H3. The van der Waals surface area contributed by atoms with Gasteiger partial charge in [-0.3, -0.25) is 11.3 Å². The molecular formula is C14H18N2S. The van der Waals surface area contributed by atoms with Crippen molar-refractivity contribution in [2.45, 2.75) is 25.8 Å². The van der Waals surface area contributed by atoms with Gasteiger partial charge < -0.3 is 0 Å². The first-order chi connectivity index (χ1) is 8.33. The molecule has 0 aliphatic rings. The van der Waals surface area contributed by atoms with Gasteiger partial charge in [-0.2, -0.15) is 0 Å². The molecule has 0 amide bonds. The Labute approximate surface area is 106 Å². The van der Waals surface area contributed by atoms with Crippen molar-refractivity contribution in [3.05, 3.63) is 57.8 Å². The predicted octanol–water partition coefficient (Wildman–Crippen LogP) is 3.06. The quantitative estimate of drug-likeness (QED) is 0.628. The van der Waals surface area contributed by atoms with Gasteiger partial charge in [0.15, 0.2) is 0 Å². The minimum atomic E-state index is 0.211. The smallest absolute Gasteiger partial charge is 0.0593 e. The summed E-state index contributed by atoms with van der Waals surface area (Å²) in [6, 6.07) is 13.2. The summed E-state index contributed by atoms with van der Waals surface area (Å²) in [5.74, 6) is 5.62. The van der Waals surface area contributed by atoms with Crippen LogP contribution < -0.4 is 11.3 Å². The van der Waals surface area contributed by atoms with E-state index in [2.05, 4.69) is 54.1 Å². The molecular weight excluding hydrogens is 228 g/mol. The third kappa shape index (κ3) is 3.16. The first-order valence-electron chi connectivity index (χ1n) is 5.91. The van der Waals surface area contributed by atoms with Crippen LogP contribution >= 0.6 is 11.3 Å². The lowest BCUT2D eigenvalue weighted by Crippen LogP contribution is -2.28. The Hall–Kier alpha value is -1.16. The van der Waals surface area contributed by atoms with E-state index in [1.807, 2.05) is 0 Å². The van der Waals surface area contributed by atoms with Crippen LogP contribution in [-0.2, 0) is 12.8 Å². The first-order valence-corrected chi connectivity index (χ1v) is 6.78. The fourth-order valence-electron chi connectivity index (χ4n) is 1.88. The zero-order chi connectivity index (χ0) is 12.1. The minimum absolute atomic E-state index is 0.211. The van der Waals surface area contributed by atoms with E-state index in [9.17, 15) is 0 Å². The Bertz CT molecular complexity index is 434. The lowest BCUT2D eigenvalue weighted by atomic mass is 10.0. The fourth-order valence-corrected chi connectivity index (χ4v) is 2.66. The van der Waals surface area contributed by atoms with Crippen molar-refractivity contribution in [3.63, 3.8) is 0 Å². The topological polar surface area (TPSA) is 38.0 Å². The van der Waals surface area contributed by atoms with Gasteiger partial charge in [0.2, 0.25) is 0 Å². The van der Waals surface area contributed by atoms with Gasteiger partial charge in [-0.15, -0.1) is 11.3 Å². The highest BCUT2D eigenvalue weighted by Gasteiger charge is 2.11. The zero-order valence-corrected chi connectivity index (χ0v) is 10.8. The normalized spacial score (nSPS) is 12.6. The van der Waals surface area contributed by atoms with Crippen LogP contribution in [0.25, 0.3) is 0 Å². The van der Waals surface area contributed by atoms with Crippen LogP contribution in [0, 0.1) is 0 Å². The van der Waals surface area contributed by atoms with Gasteiger partial charge in [-0.1, -0.05) is 37.3 Å². The molecule has 3 heteroatoms. The van der Waals surface area contributed by atoms with E-state index < -0.39 is 0 Å². The Balaban J connectivity index is 2.07. The number of hydrogen-bond donors (Lipinski definition) is 2. The van der Waals surface area contributed by atoms with Gasteiger partial charge >= 0.3 is 0 Å². The molecule has 0 radical (unpaired) electrons. The molecule has 0 aliphatic carbocycles. The van der Waals surface area contributed by atoms with Gasteiger partial charge in [0.1, 0.15) is 0 Å². The van der Waals surface area contributed by atoms with Gasteiger partial charge in [0.05, 0.1) is 6.04 Å². The lowest BCUT2D eigenvalue weighted by Gasteiger charge is -2.14. The van der Waals surface area contributed by atoms with E-state index in [4.69, 9.17) is 5.84 Å². The molecule has 0 saturated heterocycles. The molecule has 0 spiro atoms. The summed E-state index contributed by atoms with van der Waals surface area (Å²) in [6.45, 7) is 2.17. The average Bonchev–Trinajstić information content (AvgIpc) is 2.90. The van der Waals surface area contributed by atoms with Crippen LogP contribution in [-0.4, -0.2) is 0 Å². The minimum Gasteiger partial charge on any atom is -0.271 e. The molecule has 2 rings (SSSR count). The maximum Gasteiger partial charge on any atom is 0.0593 e. The molecule has 1 atom stereocenters. The van der Waals surface area contributed by atoms with Crippen molar-refractivity contribution in [2.24, 2.45) is 5.84 Å². The van der Waals surface area contributed by atoms with Gasteiger partial charge in [0.25, 0.3) is 0 Å². The number of aryl methyl sites for hydroxylation is 1. The molecule has 1 unspecified atom stereocenters. The second-order valence-corrected chi connectivity index (χ2v) is 5.09. The van der Waals surface area contributed by atoms with E-state index in [1.165, 1.54) is 16.0 Å². The Morgan fingerprint density at radius 2 is 1.88 bits per heavy atom. The second kappa shape index (κ2) is 5.96. The summed E-state index contributed by atoms with van der Waals surface area (Å²) >= 11 is 1.74. The summed E-state index contributed by atoms with van der Waals surface area (Å²) < 4.78 is 0. The van der Waals surface area contributed by atoms with E-state index in [0.717, 1.165) is 12.8 Å². The molecule has 1 aromatic heterocycles. The number of nitrogens with two attached hydrogens (primary N) is 1. The number of hydrogen-bond acceptors (Lipinski definition) is 3. The van der Waals surface area contributed by atoms with E-state index >= 15 is 0 Å². The maximum atomic E-state index is 5.62. The third-order valence-corrected chi connectivity index (χ3v) is 3.94. The van der Waals surface area contributed by atoms with Crippen LogP contribution in [0.5, 0.6) is 0 Å². The molecule has 2 nitrogen and oxygen atoms in total. The second-order valence-electron chi connectivity index (χ2n) is 4.11. The summed E-state index contributed by atoms with van der Waals surface area (Å²) in [5, 5.41) is 2.08. The molecule has 0 saturated carbocycles. The van der Waals surface area contributed by atoms with Crippen molar-refractivity contribution in [2.75, 3.05) is 0 Å². The highest BCUT2D eigenvalue weighted by Crippen LogP contribution is 2.22. The molecule has 0 fully saturated rings. The molecule has 0 aliphatic heterocycles. The Morgan fingerprint density at radius 3 is 2.41 bits per heavy atom. The summed E-state index contributed by atoms with van der Waals surface area (Å²) in [4.78, 5) is 1.28. The Kier molecular flexibility index (Phi) is 4.31. The number of benzene rings is 1. The van der Waals surface area contributed by atoms with E-state index in [1.54, 1.807) is 11.3 Å². The molecule has 17 heavy (non-hydrogen) atoms.